The first-order valence-electron chi connectivity index (χ1n) is 7.80. The van der Waals surface area contributed by atoms with Crippen molar-refractivity contribution in [2.75, 3.05) is 34.8 Å². The minimum atomic E-state index is -3.64. The predicted octanol–water partition coefficient (Wildman–Crippen LogP) is 2.45. The van der Waals surface area contributed by atoms with Crippen LogP contribution in [-0.4, -0.2) is 49.7 Å². The first-order chi connectivity index (χ1) is 12.3. The molecule has 0 aliphatic rings. The summed E-state index contributed by atoms with van der Waals surface area (Å²) in [5.41, 5.74) is 0.380. The second-order valence-electron chi connectivity index (χ2n) is 5.05. The Bertz CT molecular complexity index is 837. The van der Waals surface area contributed by atoms with Crippen LogP contribution < -0.4 is 14.4 Å². The van der Waals surface area contributed by atoms with Crippen LogP contribution in [0.4, 0.5) is 10.8 Å². The number of sulfonamides is 1. The first kappa shape index (κ1) is 20.5. The number of carbonyl (C=O) groups is 1. The second kappa shape index (κ2) is 9.19. The normalized spacial score (nSPS) is 11.2. The molecule has 0 aliphatic heterocycles. The van der Waals surface area contributed by atoms with Crippen molar-refractivity contribution in [3.8, 4) is 5.75 Å². The summed E-state index contributed by atoms with van der Waals surface area (Å²) in [5.74, 6) is 0.986. The van der Waals surface area contributed by atoms with Crippen molar-refractivity contribution in [2.45, 2.75) is 18.2 Å². The van der Waals surface area contributed by atoms with E-state index in [4.69, 9.17) is 4.74 Å². The van der Waals surface area contributed by atoms with Gasteiger partial charge in [-0.1, -0.05) is 30.0 Å². The lowest BCUT2D eigenvalue weighted by atomic mass is 10.3. The number of rotatable bonds is 9. The maximum atomic E-state index is 12.3. The number of hydrogen-bond acceptors (Lipinski definition) is 8. The van der Waals surface area contributed by atoms with Crippen molar-refractivity contribution < 1.29 is 17.9 Å². The van der Waals surface area contributed by atoms with Gasteiger partial charge in [0.15, 0.2) is 4.34 Å². The van der Waals surface area contributed by atoms with Gasteiger partial charge in [0.2, 0.25) is 21.1 Å². The zero-order valence-corrected chi connectivity index (χ0v) is 17.1. The number of nitrogens with zero attached hydrogens (tertiary/aromatic N) is 3. The molecule has 8 nitrogen and oxygen atoms in total. The molecule has 0 aliphatic carbocycles. The van der Waals surface area contributed by atoms with Gasteiger partial charge in [-0.15, -0.1) is 10.2 Å². The van der Waals surface area contributed by atoms with Crippen LogP contribution in [0.15, 0.2) is 28.6 Å². The number of nitrogens with one attached hydrogen (secondary N) is 1. The molecular weight excluding hydrogens is 396 g/mol. The lowest BCUT2D eigenvalue weighted by Gasteiger charge is -2.21. The van der Waals surface area contributed by atoms with Crippen LogP contribution in [0.1, 0.15) is 13.8 Å². The van der Waals surface area contributed by atoms with Gasteiger partial charge in [0, 0.05) is 0 Å². The highest BCUT2D eigenvalue weighted by Gasteiger charge is 2.21. The average Bonchev–Trinajstić information content (AvgIpc) is 3.00. The minimum absolute atomic E-state index is 0.339. The number of amides is 1. The van der Waals surface area contributed by atoms with E-state index in [0.29, 0.717) is 23.2 Å². The first-order valence-corrected chi connectivity index (χ1v) is 11.4. The SMILES string of the molecule is CCOc1ccc(N(CC(=O)Nc2nnc(SCC)s2)S(C)(=O)=O)cc1. The molecule has 142 valence electrons. The Balaban J connectivity index is 2.10. The summed E-state index contributed by atoms with van der Waals surface area (Å²) in [4.78, 5) is 12.3. The van der Waals surface area contributed by atoms with E-state index in [1.54, 1.807) is 24.3 Å². The summed E-state index contributed by atoms with van der Waals surface area (Å²) in [6.45, 7) is 4.00. The molecule has 1 N–H and O–H groups in total. The zero-order valence-electron chi connectivity index (χ0n) is 14.6. The van der Waals surface area contributed by atoms with Crippen molar-refractivity contribution in [1.82, 2.24) is 10.2 Å². The van der Waals surface area contributed by atoms with E-state index in [-0.39, 0.29) is 6.54 Å². The number of aromatic nitrogens is 2. The Kier molecular flexibility index (Phi) is 7.23. The summed E-state index contributed by atoms with van der Waals surface area (Å²) >= 11 is 2.77. The van der Waals surface area contributed by atoms with Crippen LogP contribution in [0.25, 0.3) is 0 Å². The fraction of sp³-hybridized carbons (Fsp3) is 0.400. The van der Waals surface area contributed by atoms with Crippen molar-refractivity contribution in [3.63, 3.8) is 0 Å². The summed E-state index contributed by atoms with van der Waals surface area (Å²) in [6, 6.07) is 6.52. The summed E-state index contributed by atoms with van der Waals surface area (Å²) < 4.78 is 31.3. The molecule has 0 fully saturated rings. The molecule has 0 atom stereocenters. The van der Waals surface area contributed by atoms with E-state index in [9.17, 15) is 13.2 Å². The van der Waals surface area contributed by atoms with Crippen molar-refractivity contribution in [1.29, 1.82) is 0 Å². The quantitative estimate of drug-likeness (QED) is 0.495. The van der Waals surface area contributed by atoms with Gasteiger partial charge in [0.05, 0.1) is 18.6 Å². The number of ether oxygens (including phenoxy) is 1. The molecule has 0 saturated heterocycles. The molecule has 1 amide bonds. The van der Waals surface area contributed by atoms with E-state index >= 15 is 0 Å². The zero-order chi connectivity index (χ0) is 19.2. The van der Waals surface area contributed by atoms with Crippen LogP contribution >= 0.6 is 23.1 Å². The maximum absolute atomic E-state index is 12.3. The van der Waals surface area contributed by atoms with Gasteiger partial charge in [-0.2, -0.15) is 0 Å². The third-order valence-corrected chi connectivity index (χ3v) is 6.04. The third-order valence-electron chi connectivity index (χ3n) is 3.04. The van der Waals surface area contributed by atoms with Gasteiger partial charge in [0.1, 0.15) is 12.3 Å². The molecule has 1 aromatic heterocycles. The molecule has 0 saturated carbocycles. The molecule has 11 heteroatoms. The number of carbonyl (C=O) groups excluding carboxylic acids is 1. The van der Waals surface area contributed by atoms with E-state index < -0.39 is 15.9 Å². The molecule has 0 radical (unpaired) electrons. The Hall–Kier alpha value is -1.85. The van der Waals surface area contributed by atoms with Crippen LogP contribution in [0, 0.1) is 0 Å². The Morgan fingerprint density at radius 3 is 2.54 bits per heavy atom. The lowest BCUT2D eigenvalue weighted by molar-refractivity contribution is -0.114. The van der Waals surface area contributed by atoms with Crippen LogP contribution in [0.2, 0.25) is 0 Å². The summed E-state index contributed by atoms with van der Waals surface area (Å²) in [6.07, 6.45) is 1.05. The van der Waals surface area contributed by atoms with Gasteiger partial charge < -0.3 is 4.74 Å². The molecule has 26 heavy (non-hydrogen) atoms. The van der Waals surface area contributed by atoms with E-state index in [1.165, 1.54) is 23.1 Å². The Labute approximate surface area is 161 Å². The summed E-state index contributed by atoms with van der Waals surface area (Å²) in [7, 11) is -3.64. The van der Waals surface area contributed by atoms with Crippen molar-refractivity contribution in [3.05, 3.63) is 24.3 Å². The molecular formula is C15H20N4O4S3. The number of anilines is 2. The van der Waals surface area contributed by atoms with Gasteiger partial charge in [-0.3, -0.25) is 14.4 Å². The van der Waals surface area contributed by atoms with Crippen molar-refractivity contribution >= 4 is 49.8 Å². The van der Waals surface area contributed by atoms with E-state index in [2.05, 4.69) is 15.5 Å². The second-order valence-corrected chi connectivity index (χ2v) is 9.45. The Morgan fingerprint density at radius 2 is 1.96 bits per heavy atom. The molecule has 0 unspecified atom stereocenters. The van der Waals surface area contributed by atoms with Gasteiger partial charge in [-0.25, -0.2) is 8.42 Å². The van der Waals surface area contributed by atoms with Crippen molar-refractivity contribution in [2.24, 2.45) is 0 Å². The average molecular weight is 417 g/mol. The number of benzene rings is 1. The highest BCUT2D eigenvalue weighted by molar-refractivity contribution is 8.01. The fourth-order valence-corrected chi connectivity index (χ4v) is 4.53. The predicted molar refractivity (Wildman–Crippen MR) is 105 cm³/mol. The molecule has 1 heterocycles. The summed E-state index contributed by atoms with van der Waals surface area (Å²) in [5, 5.41) is 10.7. The highest BCUT2D eigenvalue weighted by Crippen LogP contribution is 2.25. The standard InChI is InChI=1S/C15H20N4O4S3/c1-4-23-12-8-6-11(7-9-12)19(26(3,21)22)10-13(20)16-14-17-18-15(25-14)24-5-2/h6-9H,4-5,10H2,1-3H3,(H,16,17,20). The number of thioether (sulfide) groups is 1. The van der Waals surface area contributed by atoms with Crippen LogP contribution in [0.5, 0.6) is 5.75 Å². The van der Waals surface area contributed by atoms with Gasteiger partial charge in [0.25, 0.3) is 0 Å². The highest BCUT2D eigenvalue weighted by atomic mass is 32.2. The van der Waals surface area contributed by atoms with E-state index in [1.807, 2.05) is 13.8 Å². The Morgan fingerprint density at radius 1 is 1.27 bits per heavy atom. The largest absolute Gasteiger partial charge is 0.494 e. The van der Waals surface area contributed by atoms with Gasteiger partial charge >= 0.3 is 0 Å². The van der Waals surface area contributed by atoms with Gasteiger partial charge in [-0.05, 0) is 36.9 Å². The topological polar surface area (TPSA) is 101 Å². The van der Waals surface area contributed by atoms with Crippen LogP contribution in [0.3, 0.4) is 0 Å². The smallest absolute Gasteiger partial charge is 0.246 e. The molecule has 1 aromatic carbocycles. The fourth-order valence-electron chi connectivity index (χ4n) is 2.01. The van der Waals surface area contributed by atoms with Crippen LogP contribution in [-0.2, 0) is 14.8 Å². The monoisotopic (exact) mass is 416 g/mol. The molecule has 0 spiro atoms. The third kappa shape index (κ3) is 5.85. The maximum Gasteiger partial charge on any atom is 0.246 e. The molecule has 2 rings (SSSR count). The lowest BCUT2D eigenvalue weighted by Crippen LogP contribution is -2.37. The minimum Gasteiger partial charge on any atom is -0.494 e. The molecule has 0 bridgehead atoms. The number of hydrogen-bond donors (Lipinski definition) is 1. The van der Waals surface area contributed by atoms with E-state index in [0.717, 1.165) is 20.7 Å². The molecule has 2 aromatic rings.